The molecule has 12 nitrogen and oxygen atoms in total. The predicted molar refractivity (Wildman–Crippen MR) is 444 cm³/mol. The number of amides is 1. The van der Waals surface area contributed by atoms with Gasteiger partial charge in [0.15, 0.2) is 22.6 Å². The van der Waals surface area contributed by atoms with Crippen molar-refractivity contribution < 1.29 is 30.8 Å². The van der Waals surface area contributed by atoms with Gasteiger partial charge in [-0.2, -0.15) is 5.26 Å². The van der Waals surface area contributed by atoms with Gasteiger partial charge >= 0.3 is 42.1 Å². The number of hydrogen-bond acceptors (Lipinski definition) is 10. The van der Waals surface area contributed by atoms with Crippen molar-refractivity contribution in [3.63, 3.8) is 0 Å². The number of benzene rings is 9. The second-order valence-electron chi connectivity index (χ2n) is 21.5. The number of primary amides is 1. The van der Waals surface area contributed by atoms with Gasteiger partial charge < -0.3 is 15.8 Å². The Bertz CT molecular complexity index is 5030. The standard InChI is InChI=1S/2C18H15P.C15H10ClN3O.C15H8ClN3.C8H4Cl2N2.C7H6BNO2.CH2Cl2.2ClH.Pd/c2*1-4-10-16(11-5-1)19(17-12-6-2-7-13-17)18-14-8-3-9-15-18;16-12-8-13(19-15-11(12)6-3-7-18-15)9-4-1-2-5-10(9)14(17)20;1-17-13-7-3-2-5-11(13)14-9-12(16)10-6-4-8-18-15(10)19-14;9-6-4-7(10)12-8-5(6)2-1-3-11-8;9-5-6-3-1-2-4-7(6)8(10)11;2-1-3;;;/h2*1-15H;1-8H,(H2,17,20);2-9H;1-4H;1-4,10-11H;1H2;2*1H;/q;;;;;;;;;+2/p-2. The fourth-order valence-corrected chi connectivity index (χ4v) is 15.8. The Labute approximate surface area is 664 Å². The van der Waals surface area contributed by atoms with Crippen molar-refractivity contribution in [3.8, 4) is 28.6 Å². The number of rotatable bonds is 10. The quantitative estimate of drug-likeness (QED) is 0.0391. The number of carbonyl (C=O) groups excluding carboxylic acids is 1. The summed E-state index contributed by atoms with van der Waals surface area (Å²) in [7, 11) is 7.17. The number of nitrogens with zero attached hydrogens (tertiary/aromatic N) is 8. The van der Waals surface area contributed by atoms with E-state index in [1.165, 1.54) is 44.0 Å². The van der Waals surface area contributed by atoms with Gasteiger partial charge in [0.25, 0.3) is 0 Å². The van der Waals surface area contributed by atoms with E-state index in [2.05, 4.69) is 217 Å². The van der Waals surface area contributed by atoms with Gasteiger partial charge in [-0.3, -0.25) is 4.79 Å². The summed E-state index contributed by atoms with van der Waals surface area (Å²) in [6, 6.07) is 103. The molecule has 15 aromatic rings. The van der Waals surface area contributed by atoms with Gasteiger partial charge in [-0.25, -0.2) is 34.7 Å². The Morgan fingerprint density at radius 3 is 1.11 bits per heavy atom. The van der Waals surface area contributed by atoms with E-state index in [0.29, 0.717) is 70.9 Å². The number of halogens is 8. The van der Waals surface area contributed by atoms with Crippen LogP contribution in [0.1, 0.15) is 15.9 Å². The molecule has 0 bridgehead atoms. The molecule has 0 saturated carbocycles. The molecule has 4 N–H and O–H groups in total. The van der Waals surface area contributed by atoms with Crippen LogP contribution in [0, 0.1) is 17.9 Å². The zero-order valence-corrected chi connectivity index (χ0v) is 65.0. The van der Waals surface area contributed by atoms with E-state index in [1.54, 1.807) is 79.3 Å². The monoisotopic (exact) mass is 1680 g/mol. The average molecular weight is 1680 g/mol. The van der Waals surface area contributed by atoms with Crippen LogP contribution in [0.4, 0.5) is 5.69 Å². The fourth-order valence-electron chi connectivity index (χ4n) is 10.2. The van der Waals surface area contributed by atoms with Crippen LogP contribution in [0.15, 0.2) is 328 Å². The molecule has 0 fully saturated rings. The average Bonchev–Trinajstić information content (AvgIpc) is 0.808. The van der Waals surface area contributed by atoms with Crippen LogP contribution < -0.4 is 43.0 Å². The Morgan fingerprint density at radius 2 is 0.764 bits per heavy atom. The van der Waals surface area contributed by atoms with Crippen LogP contribution >= 0.6 is 105 Å². The zero-order chi connectivity index (χ0) is 75.4. The first-order valence-electron chi connectivity index (χ1n) is 31.7. The molecule has 0 aliphatic carbocycles. The van der Waals surface area contributed by atoms with Gasteiger partial charge in [0, 0.05) is 51.4 Å². The number of aromatic nitrogens is 6. The number of carbonyl (C=O) groups is 1. The maximum atomic E-state index is 11.5. The summed E-state index contributed by atoms with van der Waals surface area (Å²) in [6.45, 7) is 7.20. The number of alkyl halides is 2. The fraction of sp³-hybridized carbons (Fsp3) is 0.0122. The van der Waals surface area contributed by atoms with E-state index in [9.17, 15) is 4.79 Å². The summed E-state index contributed by atoms with van der Waals surface area (Å²) in [5.41, 5.74) is 11.3. The summed E-state index contributed by atoms with van der Waals surface area (Å²) < 4.78 is 0. The Morgan fingerprint density at radius 1 is 0.453 bits per heavy atom. The van der Waals surface area contributed by atoms with E-state index in [4.69, 9.17) is 116 Å². The van der Waals surface area contributed by atoms with E-state index >= 15 is 0 Å². The molecule has 0 unspecified atom stereocenters. The normalized spacial score (nSPS) is 10.1. The molecule has 0 radical (unpaired) electrons. The predicted octanol–water partition coefficient (Wildman–Crippen LogP) is 19.4. The number of pyridine rings is 6. The van der Waals surface area contributed by atoms with Gasteiger partial charge in [-0.15, -0.1) is 23.2 Å². The summed E-state index contributed by atoms with van der Waals surface area (Å²) in [4.78, 5) is 40.3. The molecule has 9 aromatic carbocycles. The summed E-state index contributed by atoms with van der Waals surface area (Å²) in [5.74, 6) is -0.500. The minimum absolute atomic E-state index is 0.106. The largest absolute Gasteiger partial charge is 0.0622 e. The van der Waals surface area contributed by atoms with Crippen LogP contribution in [0.5, 0.6) is 0 Å². The molecule has 6 aromatic heterocycles. The number of fused-ring (bicyclic) bond motifs is 3. The first-order chi connectivity index (χ1) is 51.7. The second-order valence-corrected chi connectivity index (χ2v) is 30.7. The van der Waals surface area contributed by atoms with Crippen LogP contribution in [0.25, 0.3) is 60.5 Å². The molecule has 530 valence electrons. The molecule has 0 aliphatic rings. The summed E-state index contributed by atoms with van der Waals surface area (Å²) in [5, 5.41) is 39.0. The van der Waals surface area contributed by atoms with Crippen molar-refractivity contribution >= 4 is 194 Å². The summed E-state index contributed by atoms with van der Waals surface area (Å²) in [6.07, 6.45) is 4.98. The van der Waals surface area contributed by atoms with E-state index in [-0.39, 0.29) is 26.7 Å². The molecule has 0 saturated heterocycles. The molecule has 0 spiro atoms. The Hall–Kier alpha value is -9.06. The molecule has 0 atom stereocenters. The van der Waals surface area contributed by atoms with Gasteiger partial charge in [-0.05, 0) is 120 Å². The SMILES string of the molecule is ClCCl.Clc1cc(Cl)c2cccnc2n1.N#Cc1ccccc1B(O)O.NC(=O)c1ccccc1-c1cc(Cl)c2cccnc2n1.[C-]#[N+]c1ccccc1-c1cc(Cl)c2cccnc2n1.[Cl][Pd][Cl].c1ccc(P(c2ccccc2)c2ccccc2)cc1.c1ccc(P(c2ccccc2)c2ccccc2)cc1. The topological polar surface area (TPSA) is 189 Å². The van der Waals surface area contributed by atoms with Crippen molar-refractivity contribution in [1.29, 1.82) is 5.26 Å². The zero-order valence-electron chi connectivity index (χ0n) is 55.7. The smallest absolute Gasteiger partial charge is 0.0134 e. The van der Waals surface area contributed by atoms with Gasteiger partial charge in [-0.1, -0.05) is 289 Å². The van der Waals surface area contributed by atoms with Crippen molar-refractivity contribution in [3.05, 3.63) is 371 Å². The van der Waals surface area contributed by atoms with Crippen molar-refractivity contribution in [1.82, 2.24) is 29.9 Å². The molecule has 15 rings (SSSR count). The summed E-state index contributed by atoms with van der Waals surface area (Å²) >= 11 is 33.5. The van der Waals surface area contributed by atoms with Crippen LogP contribution in [-0.2, 0) is 15.9 Å². The third-order valence-corrected chi connectivity index (χ3v) is 20.8. The first-order valence-corrected chi connectivity index (χ1v) is 40.9. The Kier molecular flexibility index (Phi) is 34.9. The second kappa shape index (κ2) is 44.8. The number of para-hydroxylation sites is 1. The van der Waals surface area contributed by atoms with Crippen molar-refractivity contribution in [2.75, 3.05) is 5.34 Å². The first kappa shape index (κ1) is 82.6. The van der Waals surface area contributed by atoms with Crippen LogP contribution in [-0.4, -0.2) is 58.3 Å². The maximum absolute atomic E-state index is 11.5. The van der Waals surface area contributed by atoms with E-state index in [0.717, 1.165) is 21.7 Å². The molecule has 1 amide bonds. The third kappa shape index (κ3) is 24.5. The van der Waals surface area contributed by atoms with Crippen molar-refractivity contribution in [2.45, 2.75) is 0 Å². The molecular formula is C82H60BCl8N9O3P2Pd. The van der Waals surface area contributed by atoms with Crippen molar-refractivity contribution in [2.24, 2.45) is 5.73 Å². The third-order valence-electron chi connectivity index (χ3n) is 14.8. The van der Waals surface area contributed by atoms with Crippen LogP contribution in [0.3, 0.4) is 0 Å². The molecule has 24 heteroatoms. The van der Waals surface area contributed by atoms with E-state index < -0.39 is 28.9 Å². The van der Waals surface area contributed by atoms with Gasteiger partial charge in [0.1, 0.15) is 5.15 Å². The minimum atomic E-state index is -1.56. The molecule has 0 aliphatic heterocycles. The van der Waals surface area contributed by atoms with Gasteiger partial charge in [0.2, 0.25) is 5.91 Å². The minimum Gasteiger partial charge on any atom is -0.0622 e. The van der Waals surface area contributed by atoms with E-state index in [1.807, 2.05) is 60.7 Å². The van der Waals surface area contributed by atoms with Gasteiger partial charge in [0.05, 0.1) is 50.0 Å². The molecule has 106 heavy (non-hydrogen) atoms. The number of nitrogens with two attached hydrogens (primary N) is 1. The number of nitriles is 1. The Balaban J connectivity index is 0.000000160. The molecule has 6 heterocycles. The maximum Gasteiger partial charge on any atom is -0.0134 e. The number of hydrogen-bond donors (Lipinski definition) is 3. The van der Waals surface area contributed by atoms with Crippen LogP contribution in [0.2, 0.25) is 20.2 Å². The molecular weight excluding hydrogens is 1620 g/mol.